The molecule has 1 rings (SSSR count). The van der Waals surface area contributed by atoms with Gasteiger partial charge in [-0.15, -0.1) is 23.5 Å². The molecule has 1 N–H and O–H groups in total. The second-order valence-corrected chi connectivity index (χ2v) is 6.50. The number of hydrogen-bond acceptors (Lipinski definition) is 5. The molecule has 0 spiro atoms. The van der Waals surface area contributed by atoms with Crippen LogP contribution >= 0.6 is 23.5 Å². The third-order valence-electron chi connectivity index (χ3n) is 1.70. The maximum Gasteiger partial charge on any atom is 0.276 e. The zero-order chi connectivity index (χ0) is 10.8. The largest absolute Gasteiger partial charge is 0.293 e. The molecule has 0 aromatic rings. The Bertz CT molecular complexity index is 329. The van der Waals surface area contributed by atoms with E-state index in [4.69, 9.17) is 4.55 Å². The molecule has 14 heavy (non-hydrogen) atoms. The first kappa shape index (κ1) is 12.1. The summed E-state index contributed by atoms with van der Waals surface area (Å²) in [6, 6.07) is 0. The summed E-state index contributed by atoms with van der Waals surface area (Å²) in [7, 11) is -4.33. The first-order valence-electron chi connectivity index (χ1n) is 3.68. The van der Waals surface area contributed by atoms with Crippen LogP contribution in [0.3, 0.4) is 0 Å². The first-order valence-corrected chi connectivity index (χ1v) is 7.17. The van der Waals surface area contributed by atoms with Gasteiger partial charge in [0, 0.05) is 11.0 Å². The van der Waals surface area contributed by atoms with E-state index in [2.05, 4.69) is 6.58 Å². The molecule has 4 nitrogen and oxygen atoms in total. The van der Waals surface area contributed by atoms with Crippen molar-refractivity contribution in [1.82, 2.24) is 0 Å². The van der Waals surface area contributed by atoms with Crippen LogP contribution in [0.2, 0.25) is 0 Å². The van der Waals surface area contributed by atoms with Crippen LogP contribution in [0.15, 0.2) is 12.7 Å². The molecule has 0 aromatic heterocycles. The van der Waals surface area contributed by atoms with Gasteiger partial charge in [-0.05, 0) is 6.08 Å². The molecule has 2 atom stereocenters. The summed E-state index contributed by atoms with van der Waals surface area (Å²) in [5.74, 6) is -0.143. The minimum atomic E-state index is -4.33. The fraction of sp³-hybridized carbons (Fsp3) is 0.429. The van der Waals surface area contributed by atoms with Gasteiger partial charge in [0.1, 0.15) is 0 Å². The summed E-state index contributed by atoms with van der Waals surface area (Å²) in [6.07, 6.45) is 0.933. The van der Waals surface area contributed by atoms with E-state index < -0.39 is 26.4 Å². The topological polar surface area (TPSA) is 71.4 Å². The molecule has 7 heteroatoms. The van der Waals surface area contributed by atoms with E-state index in [0.717, 1.165) is 6.08 Å². The molecule has 1 heterocycles. The molecule has 1 radical (unpaired) electrons. The Kier molecular flexibility index (Phi) is 4.05. The van der Waals surface area contributed by atoms with Crippen molar-refractivity contribution in [3.8, 4) is 0 Å². The van der Waals surface area contributed by atoms with Crippen molar-refractivity contribution in [1.29, 1.82) is 0 Å². The summed E-state index contributed by atoms with van der Waals surface area (Å²) < 4.78 is 30.8. The van der Waals surface area contributed by atoms with E-state index in [9.17, 15) is 13.2 Å². The molecule has 1 saturated heterocycles. The highest BCUT2D eigenvalue weighted by Gasteiger charge is 2.39. The highest BCUT2D eigenvalue weighted by molar-refractivity contribution is 8.23. The summed E-state index contributed by atoms with van der Waals surface area (Å²) in [5.41, 5.74) is 0. The second-order valence-electron chi connectivity index (χ2n) is 2.65. The predicted molar refractivity (Wildman–Crippen MR) is 58.7 cm³/mol. The Hall–Kier alpha value is 0.0200. The van der Waals surface area contributed by atoms with Crippen LogP contribution in [0.25, 0.3) is 0 Å². The molecule has 2 unspecified atom stereocenters. The number of carbonyl (C=O) groups is 1. The van der Waals surface area contributed by atoms with Gasteiger partial charge in [0.05, 0.1) is 5.08 Å². The Morgan fingerprint density at radius 2 is 2.36 bits per heavy atom. The molecule has 1 aliphatic heterocycles. The Labute approximate surface area is 91.3 Å². The van der Waals surface area contributed by atoms with Crippen LogP contribution in [-0.2, 0) is 14.9 Å². The van der Waals surface area contributed by atoms with Gasteiger partial charge in [-0.3, -0.25) is 9.35 Å². The summed E-state index contributed by atoms with van der Waals surface area (Å²) in [6.45, 7) is 3.22. The number of hydrogen-bond donors (Lipinski definition) is 1. The van der Waals surface area contributed by atoms with Crippen molar-refractivity contribution in [3.05, 3.63) is 17.7 Å². The van der Waals surface area contributed by atoms with Crippen molar-refractivity contribution in [2.24, 2.45) is 0 Å². The maximum absolute atomic E-state index is 11.3. The number of rotatable bonds is 4. The normalized spacial score (nSPS) is 24.5. The maximum atomic E-state index is 11.3. The van der Waals surface area contributed by atoms with Crippen LogP contribution in [0.5, 0.6) is 0 Å². The second kappa shape index (κ2) is 4.69. The van der Waals surface area contributed by atoms with E-state index in [1.807, 2.05) is 0 Å². The van der Waals surface area contributed by atoms with Crippen LogP contribution in [0.4, 0.5) is 0 Å². The van der Waals surface area contributed by atoms with Crippen molar-refractivity contribution >= 4 is 39.4 Å². The lowest BCUT2D eigenvalue weighted by Crippen LogP contribution is -2.38. The van der Waals surface area contributed by atoms with Gasteiger partial charge in [0.25, 0.3) is 10.1 Å². The van der Waals surface area contributed by atoms with Crippen molar-refractivity contribution < 1.29 is 17.8 Å². The van der Waals surface area contributed by atoms with Crippen molar-refractivity contribution in [2.45, 2.75) is 10.5 Å². The van der Waals surface area contributed by atoms with E-state index in [-0.39, 0.29) is 0 Å². The first-order chi connectivity index (χ1) is 6.46. The summed E-state index contributed by atoms with van der Waals surface area (Å²) in [5, 5.41) is -0.0316. The molecule has 0 aliphatic carbocycles. The van der Waals surface area contributed by atoms with Gasteiger partial charge in [-0.2, -0.15) is 8.42 Å². The molecule has 1 aliphatic rings. The molecule has 0 bridgehead atoms. The minimum absolute atomic E-state index is 0.416. The number of ketones is 1. The van der Waals surface area contributed by atoms with Gasteiger partial charge < -0.3 is 0 Å². The highest BCUT2D eigenvalue weighted by Crippen LogP contribution is 2.37. The van der Waals surface area contributed by atoms with Crippen LogP contribution in [0, 0.1) is 5.08 Å². The van der Waals surface area contributed by atoms with Crippen molar-refractivity contribution in [3.63, 3.8) is 0 Å². The van der Waals surface area contributed by atoms with Gasteiger partial charge in [-0.25, -0.2) is 0 Å². The number of allylic oxidation sites excluding steroid dienone is 1. The minimum Gasteiger partial charge on any atom is -0.293 e. The Morgan fingerprint density at radius 1 is 1.71 bits per heavy atom. The molecule has 0 aromatic carbocycles. The molecule has 0 amide bonds. The fourth-order valence-electron chi connectivity index (χ4n) is 1.08. The third-order valence-corrected chi connectivity index (χ3v) is 5.61. The van der Waals surface area contributed by atoms with E-state index in [1.54, 1.807) is 5.08 Å². The molecule has 0 saturated carbocycles. The average molecular weight is 253 g/mol. The van der Waals surface area contributed by atoms with E-state index >= 15 is 0 Å². The zero-order valence-corrected chi connectivity index (χ0v) is 9.57. The monoisotopic (exact) mass is 253 g/mol. The van der Waals surface area contributed by atoms with Crippen LogP contribution in [0.1, 0.15) is 0 Å². The number of thioether (sulfide) groups is 2. The Morgan fingerprint density at radius 3 is 2.71 bits per heavy atom. The third kappa shape index (κ3) is 2.75. The van der Waals surface area contributed by atoms with Crippen LogP contribution in [-0.4, -0.2) is 35.0 Å². The molecule has 79 valence electrons. The molecular weight excluding hydrogens is 244 g/mol. The lowest BCUT2D eigenvalue weighted by atomic mass is 10.2. The molecular formula is C7H9O4S3. The fourth-order valence-corrected chi connectivity index (χ4v) is 5.09. The zero-order valence-electron chi connectivity index (χ0n) is 7.12. The van der Waals surface area contributed by atoms with Crippen molar-refractivity contribution in [2.75, 3.05) is 5.75 Å². The molecule has 1 fully saturated rings. The SMILES string of the molecule is C=CC(=O)C(C1CS[CH]S1)S(=O)(=O)O. The lowest BCUT2D eigenvalue weighted by molar-refractivity contribution is -0.114. The van der Waals surface area contributed by atoms with Gasteiger partial charge >= 0.3 is 0 Å². The lowest BCUT2D eigenvalue weighted by Gasteiger charge is -2.15. The Balaban J connectivity index is 2.92. The summed E-state index contributed by atoms with van der Waals surface area (Å²) >= 11 is 2.68. The highest BCUT2D eigenvalue weighted by atomic mass is 32.2. The standard InChI is InChI=1S/C7H9O4S3/c1-2-5(8)7(14(9,10)11)6-3-12-4-13-6/h2,4,6-7H,1,3H2,(H,9,10,11). The summed E-state index contributed by atoms with van der Waals surface area (Å²) in [4.78, 5) is 11.3. The van der Waals surface area contributed by atoms with Crippen LogP contribution < -0.4 is 0 Å². The smallest absolute Gasteiger partial charge is 0.276 e. The van der Waals surface area contributed by atoms with Gasteiger partial charge in [0.15, 0.2) is 11.0 Å². The average Bonchev–Trinajstić information content (AvgIpc) is 2.54. The van der Waals surface area contributed by atoms with E-state index in [1.165, 1.54) is 23.5 Å². The van der Waals surface area contributed by atoms with E-state index in [0.29, 0.717) is 5.75 Å². The number of carbonyl (C=O) groups excluding carboxylic acids is 1. The quantitative estimate of drug-likeness (QED) is 0.594. The van der Waals surface area contributed by atoms with Gasteiger partial charge in [0.2, 0.25) is 0 Å². The predicted octanol–water partition coefficient (Wildman–Crippen LogP) is 0.966. The van der Waals surface area contributed by atoms with Gasteiger partial charge in [-0.1, -0.05) is 6.58 Å².